The molecular formula is C11H15N5O3. The number of nitro groups is 1. The average Bonchev–Trinajstić information content (AvgIpc) is 2.34. The summed E-state index contributed by atoms with van der Waals surface area (Å²) in [6, 6.07) is 1.56. The summed E-state index contributed by atoms with van der Waals surface area (Å²) < 4.78 is 0. The Hall–Kier alpha value is -2.38. The molecule has 0 aromatic carbocycles. The third kappa shape index (κ3) is 2.42. The van der Waals surface area contributed by atoms with Gasteiger partial charge < -0.3 is 15.8 Å². The van der Waals surface area contributed by atoms with Crippen LogP contribution in [0.25, 0.3) is 0 Å². The quantitative estimate of drug-likeness (QED) is 0.276. The molecule has 0 amide bonds. The zero-order valence-corrected chi connectivity index (χ0v) is 10.5. The van der Waals surface area contributed by atoms with Crippen LogP contribution in [0.3, 0.4) is 0 Å². The molecule has 2 rings (SSSR count). The highest BCUT2D eigenvalue weighted by Gasteiger charge is 2.28. The van der Waals surface area contributed by atoms with E-state index in [1.807, 2.05) is 4.90 Å². The molecular weight excluding hydrogens is 250 g/mol. The molecule has 8 heteroatoms. The van der Waals surface area contributed by atoms with Gasteiger partial charge in [-0.05, 0) is 19.3 Å². The number of hydrogen-bond acceptors (Lipinski definition) is 6. The van der Waals surface area contributed by atoms with E-state index in [-0.39, 0.29) is 17.1 Å². The van der Waals surface area contributed by atoms with Crippen LogP contribution in [-0.2, 0) is 0 Å². The molecule has 1 aliphatic rings. The van der Waals surface area contributed by atoms with E-state index in [0.717, 1.165) is 19.3 Å². The maximum atomic E-state index is 11.1. The number of nitrogens with zero attached hydrogens (tertiary/aromatic N) is 4. The van der Waals surface area contributed by atoms with Crippen molar-refractivity contribution in [1.29, 1.82) is 0 Å². The van der Waals surface area contributed by atoms with Gasteiger partial charge in [0.05, 0.1) is 4.92 Å². The highest BCUT2D eigenvalue weighted by atomic mass is 16.6. The number of nitrogens with two attached hydrogens (primary N) is 1. The Bertz CT molecular complexity index is 527. The zero-order chi connectivity index (χ0) is 14.0. The summed E-state index contributed by atoms with van der Waals surface area (Å²) in [5.74, 6) is 0.109. The first-order valence-electron chi connectivity index (χ1n) is 5.89. The minimum absolute atomic E-state index is 0.140. The van der Waals surface area contributed by atoms with Crippen LogP contribution >= 0.6 is 0 Å². The highest BCUT2D eigenvalue weighted by Crippen LogP contribution is 2.32. The Morgan fingerprint density at radius 1 is 1.68 bits per heavy atom. The van der Waals surface area contributed by atoms with Crippen molar-refractivity contribution in [3.8, 4) is 0 Å². The maximum Gasteiger partial charge on any atom is 0.312 e. The van der Waals surface area contributed by atoms with Gasteiger partial charge in [0.25, 0.3) is 0 Å². The van der Waals surface area contributed by atoms with E-state index < -0.39 is 4.92 Å². The van der Waals surface area contributed by atoms with Crippen molar-refractivity contribution >= 4 is 17.3 Å². The Kier molecular flexibility index (Phi) is 3.50. The summed E-state index contributed by atoms with van der Waals surface area (Å²) in [6.45, 7) is 0. The molecule has 1 fully saturated rings. The molecule has 1 aromatic rings. The summed E-state index contributed by atoms with van der Waals surface area (Å²) in [4.78, 5) is 16.5. The third-order valence-electron chi connectivity index (χ3n) is 3.40. The van der Waals surface area contributed by atoms with E-state index in [2.05, 4.69) is 10.1 Å². The molecule has 1 heterocycles. The van der Waals surface area contributed by atoms with Crippen molar-refractivity contribution in [2.75, 3.05) is 11.9 Å². The molecule has 0 atom stereocenters. The first kappa shape index (κ1) is 13.1. The van der Waals surface area contributed by atoms with Gasteiger partial charge in [-0.2, -0.15) is 0 Å². The number of aromatic nitrogens is 1. The summed E-state index contributed by atoms with van der Waals surface area (Å²) in [7, 11) is 1.79. The minimum atomic E-state index is -0.508. The SMILES string of the molecule is CN(c1ncc(C(N)=NO)cc1[N+](=O)[O-])C1CCC1. The predicted octanol–water partition coefficient (Wildman–Crippen LogP) is 1.07. The van der Waals surface area contributed by atoms with E-state index in [1.165, 1.54) is 12.3 Å². The van der Waals surface area contributed by atoms with Gasteiger partial charge in [0, 0.05) is 30.9 Å². The molecule has 0 unspecified atom stereocenters. The summed E-state index contributed by atoms with van der Waals surface area (Å²) in [6.07, 6.45) is 4.52. The van der Waals surface area contributed by atoms with E-state index in [4.69, 9.17) is 10.9 Å². The topological polar surface area (TPSA) is 118 Å². The zero-order valence-electron chi connectivity index (χ0n) is 10.5. The van der Waals surface area contributed by atoms with E-state index in [9.17, 15) is 10.1 Å². The van der Waals surface area contributed by atoms with Crippen LogP contribution in [0.15, 0.2) is 17.4 Å². The number of anilines is 1. The van der Waals surface area contributed by atoms with Crippen molar-refractivity contribution in [2.45, 2.75) is 25.3 Å². The standard InChI is InChI=1S/C11H15N5O3/c1-15(8-3-2-4-8)11-9(16(18)19)5-7(6-13-11)10(12)14-17/h5-6,8,17H,2-4H2,1H3,(H2,12,14). The van der Waals surface area contributed by atoms with Gasteiger partial charge in [0.15, 0.2) is 5.84 Å². The number of oxime groups is 1. The van der Waals surface area contributed by atoms with Gasteiger partial charge >= 0.3 is 5.69 Å². The molecule has 3 N–H and O–H groups in total. The van der Waals surface area contributed by atoms with Gasteiger partial charge in [-0.15, -0.1) is 0 Å². The van der Waals surface area contributed by atoms with Crippen molar-refractivity contribution in [2.24, 2.45) is 10.9 Å². The molecule has 0 spiro atoms. The number of pyridine rings is 1. The second-order valence-corrected chi connectivity index (χ2v) is 4.50. The van der Waals surface area contributed by atoms with Crippen LogP contribution < -0.4 is 10.6 Å². The Morgan fingerprint density at radius 2 is 2.37 bits per heavy atom. The molecule has 0 radical (unpaired) electrons. The Labute approximate surface area is 109 Å². The molecule has 19 heavy (non-hydrogen) atoms. The Balaban J connectivity index is 2.40. The van der Waals surface area contributed by atoms with Crippen LogP contribution in [-0.4, -0.2) is 34.0 Å². The summed E-state index contributed by atoms with van der Waals surface area (Å²) >= 11 is 0. The fourth-order valence-electron chi connectivity index (χ4n) is 2.00. The highest BCUT2D eigenvalue weighted by molar-refractivity contribution is 5.97. The second kappa shape index (κ2) is 5.09. The molecule has 1 aliphatic carbocycles. The molecule has 0 aliphatic heterocycles. The fraction of sp³-hybridized carbons (Fsp3) is 0.455. The fourth-order valence-corrected chi connectivity index (χ4v) is 2.00. The molecule has 8 nitrogen and oxygen atoms in total. The molecule has 102 valence electrons. The maximum absolute atomic E-state index is 11.1. The van der Waals surface area contributed by atoms with Crippen molar-refractivity contribution in [3.05, 3.63) is 27.9 Å². The molecule has 0 saturated heterocycles. The van der Waals surface area contributed by atoms with Crippen LogP contribution in [0.4, 0.5) is 11.5 Å². The van der Waals surface area contributed by atoms with Gasteiger partial charge in [0.2, 0.25) is 5.82 Å². The third-order valence-corrected chi connectivity index (χ3v) is 3.40. The molecule has 0 bridgehead atoms. The monoisotopic (exact) mass is 265 g/mol. The van der Waals surface area contributed by atoms with Gasteiger partial charge in [0.1, 0.15) is 0 Å². The van der Waals surface area contributed by atoms with E-state index in [0.29, 0.717) is 11.9 Å². The van der Waals surface area contributed by atoms with Crippen LogP contribution in [0.2, 0.25) is 0 Å². The van der Waals surface area contributed by atoms with Gasteiger partial charge in [-0.3, -0.25) is 10.1 Å². The normalized spacial score (nSPS) is 15.9. The summed E-state index contributed by atoms with van der Waals surface area (Å²) in [5.41, 5.74) is 5.49. The lowest BCUT2D eigenvalue weighted by molar-refractivity contribution is -0.384. The van der Waals surface area contributed by atoms with Crippen LogP contribution in [0, 0.1) is 10.1 Å². The number of rotatable bonds is 4. The first-order chi connectivity index (χ1) is 9.04. The smallest absolute Gasteiger partial charge is 0.312 e. The van der Waals surface area contributed by atoms with Crippen LogP contribution in [0.1, 0.15) is 24.8 Å². The van der Waals surface area contributed by atoms with Crippen molar-refractivity contribution in [1.82, 2.24) is 4.98 Å². The first-order valence-corrected chi connectivity index (χ1v) is 5.89. The predicted molar refractivity (Wildman–Crippen MR) is 69.4 cm³/mol. The van der Waals surface area contributed by atoms with Gasteiger partial charge in [-0.25, -0.2) is 4.98 Å². The van der Waals surface area contributed by atoms with Crippen LogP contribution in [0.5, 0.6) is 0 Å². The average molecular weight is 265 g/mol. The number of hydrogen-bond donors (Lipinski definition) is 2. The lowest BCUT2D eigenvalue weighted by atomic mass is 9.92. The largest absolute Gasteiger partial charge is 0.409 e. The second-order valence-electron chi connectivity index (χ2n) is 4.50. The summed E-state index contributed by atoms with van der Waals surface area (Å²) in [5, 5.41) is 22.5. The lowest BCUT2D eigenvalue weighted by Gasteiger charge is -2.35. The molecule has 1 aromatic heterocycles. The van der Waals surface area contributed by atoms with E-state index >= 15 is 0 Å². The minimum Gasteiger partial charge on any atom is -0.409 e. The Morgan fingerprint density at radius 3 is 2.84 bits per heavy atom. The number of amidine groups is 1. The van der Waals surface area contributed by atoms with E-state index in [1.54, 1.807) is 7.05 Å². The van der Waals surface area contributed by atoms with Gasteiger partial charge in [-0.1, -0.05) is 5.16 Å². The van der Waals surface area contributed by atoms with Crippen molar-refractivity contribution in [3.63, 3.8) is 0 Å². The van der Waals surface area contributed by atoms with Crippen molar-refractivity contribution < 1.29 is 10.1 Å². The molecule has 1 saturated carbocycles. The lowest BCUT2D eigenvalue weighted by Crippen LogP contribution is -2.38.